The molecule has 3 aromatic rings. The molecule has 2 aromatic carbocycles. The van der Waals surface area contributed by atoms with Crippen molar-refractivity contribution in [3.8, 4) is 22.8 Å². The normalized spacial score (nSPS) is 15.8. The first-order valence-electron chi connectivity index (χ1n) is 9.70. The Morgan fingerprint density at radius 2 is 1.86 bits per heavy atom. The molecule has 1 aliphatic rings. The summed E-state index contributed by atoms with van der Waals surface area (Å²) in [6.07, 6.45) is 2.28. The van der Waals surface area contributed by atoms with Crippen molar-refractivity contribution < 1.29 is 14.3 Å². The van der Waals surface area contributed by atoms with E-state index in [9.17, 15) is 9.90 Å². The summed E-state index contributed by atoms with van der Waals surface area (Å²) in [4.78, 5) is 15.2. The summed E-state index contributed by atoms with van der Waals surface area (Å²) in [6.45, 7) is 4.78. The molecule has 1 fully saturated rings. The van der Waals surface area contributed by atoms with Crippen LogP contribution in [0.15, 0.2) is 51.7 Å². The van der Waals surface area contributed by atoms with Gasteiger partial charge in [-0.1, -0.05) is 6.92 Å². The maximum absolute atomic E-state index is 12.9. The van der Waals surface area contributed by atoms with Crippen LogP contribution in [-0.2, 0) is 6.54 Å². The van der Waals surface area contributed by atoms with Crippen LogP contribution < -0.4 is 10.2 Å². The molecule has 146 valence electrons. The standard InChI is InChI=1S/C23H25NO4/c1-15-9-11-24(12-10-15)14-18-19(25)7-8-21-23(18)20(26)13-22(28-21)16-3-5-17(27-2)6-4-16/h3-8,13,15,25H,9-12,14H2,1-2H3. The van der Waals surface area contributed by atoms with Crippen molar-refractivity contribution in [3.05, 3.63) is 58.3 Å². The van der Waals surface area contributed by atoms with Crippen molar-refractivity contribution in [2.45, 2.75) is 26.3 Å². The Balaban J connectivity index is 1.73. The van der Waals surface area contributed by atoms with Crippen LogP contribution in [0.1, 0.15) is 25.3 Å². The second kappa shape index (κ2) is 7.68. The lowest BCUT2D eigenvalue weighted by molar-refractivity contribution is 0.184. The minimum atomic E-state index is -0.136. The van der Waals surface area contributed by atoms with Gasteiger partial charge in [-0.05, 0) is 68.2 Å². The maximum atomic E-state index is 12.9. The molecule has 4 rings (SSSR count). The molecule has 0 unspecified atom stereocenters. The van der Waals surface area contributed by atoms with Crippen molar-refractivity contribution >= 4 is 11.0 Å². The van der Waals surface area contributed by atoms with Crippen molar-refractivity contribution in [1.82, 2.24) is 4.90 Å². The molecule has 1 aliphatic heterocycles. The first-order chi connectivity index (χ1) is 13.5. The number of benzene rings is 2. The van der Waals surface area contributed by atoms with E-state index in [4.69, 9.17) is 9.15 Å². The van der Waals surface area contributed by atoms with Gasteiger partial charge in [0, 0.05) is 23.7 Å². The van der Waals surface area contributed by atoms with Gasteiger partial charge in [-0.25, -0.2) is 0 Å². The predicted molar refractivity (Wildman–Crippen MR) is 110 cm³/mol. The van der Waals surface area contributed by atoms with E-state index >= 15 is 0 Å². The molecule has 28 heavy (non-hydrogen) atoms. The number of aromatic hydroxyl groups is 1. The Labute approximate surface area is 164 Å². The zero-order valence-corrected chi connectivity index (χ0v) is 16.3. The Bertz CT molecular complexity index is 1030. The number of ether oxygens (including phenoxy) is 1. The van der Waals surface area contributed by atoms with E-state index in [2.05, 4.69) is 11.8 Å². The molecule has 1 N–H and O–H groups in total. The van der Waals surface area contributed by atoms with E-state index in [-0.39, 0.29) is 11.2 Å². The summed E-state index contributed by atoms with van der Waals surface area (Å²) in [5.74, 6) is 2.13. The molecule has 5 heteroatoms. The quantitative estimate of drug-likeness (QED) is 0.728. The monoisotopic (exact) mass is 379 g/mol. The summed E-state index contributed by atoms with van der Waals surface area (Å²) < 4.78 is 11.2. The number of likely N-dealkylation sites (tertiary alicyclic amines) is 1. The van der Waals surface area contributed by atoms with E-state index in [0.717, 1.165) is 43.2 Å². The van der Waals surface area contributed by atoms with Gasteiger partial charge in [0.15, 0.2) is 5.43 Å². The highest BCUT2D eigenvalue weighted by atomic mass is 16.5. The molecular weight excluding hydrogens is 354 g/mol. The van der Waals surface area contributed by atoms with Gasteiger partial charge in [-0.3, -0.25) is 9.69 Å². The largest absolute Gasteiger partial charge is 0.508 e. The number of rotatable bonds is 4. The minimum absolute atomic E-state index is 0.136. The number of nitrogens with zero attached hydrogens (tertiary/aromatic N) is 1. The Hall–Kier alpha value is -2.79. The number of fused-ring (bicyclic) bond motifs is 1. The number of phenolic OH excluding ortho intramolecular Hbond substituents is 1. The van der Waals surface area contributed by atoms with Gasteiger partial charge < -0.3 is 14.3 Å². The van der Waals surface area contributed by atoms with Crippen LogP contribution in [0.25, 0.3) is 22.3 Å². The molecule has 2 heterocycles. The number of phenols is 1. The average Bonchev–Trinajstić information content (AvgIpc) is 2.71. The summed E-state index contributed by atoms with van der Waals surface area (Å²) in [5.41, 5.74) is 1.82. The lowest BCUT2D eigenvalue weighted by Gasteiger charge is -2.30. The molecule has 0 bridgehead atoms. The van der Waals surface area contributed by atoms with Crippen LogP contribution in [-0.4, -0.2) is 30.2 Å². The fourth-order valence-corrected chi connectivity index (χ4v) is 3.81. The van der Waals surface area contributed by atoms with E-state index in [0.29, 0.717) is 28.8 Å². The van der Waals surface area contributed by atoms with Crippen LogP contribution in [0, 0.1) is 5.92 Å². The Morgan fingerprint density at radius 3 is 2.54 bits per heavy atom. The van der Waals surface area contributed by atoms with Gasteiger partial charge in [0.2, 0.25) is 0 Å². The molecule has 1 aromatic heterocycles. The fraction of sp³-hybridized carbons (Fsp3) is 0.348. The molecule has 0 amide bonds. The number of hydrogen-bond donors (Lipinski definition) is 1. The van der Waals surface area contributed by atoms with E-state index in [1.54, 1.807) is 19.2 Å². The lowest BCUT2D eigenvalue weighted by Crippen LogP contribution is -2.32. The smallest absolute Gasteiger partial charge is 0.193 e. The van der Waals surface area contributed by atoms with E-state index < -0.39 is 0 Å². The van der Waals surface area contributed by atoms with E-state index in [1.807, 2.05) is 24.3 Å². The molecule has 5 nitrogen and oxygen atoms in total. The van der Waals surface area contributed by atoms with Gasteiger partial charge in [0.1, 0.15) is 22.8 Å². The van der Waals surface area contributed by atoms with Crippen LogP contribution in [0.4, 0.5) is 0 Å². The molecule has 0 radical (unpaired) electrons. The highest BCUT2D eigenvalue weighted by molar-refractivity contribution is 5.84. The van der Waals surface area contributed by atoms with Crippen LogP contribution in [0.2, 0.25) is 0 Å². The van der Waals surface area contributed by atoms with Crippen molar-refractivity contribution in [2.24, 2.45) is 5.92 Å². The summed E-state index contributed by atoms with van der Waals surface area (Å²) in [5, 5.41) is 10.9. The highest BCUT2D eigenvalue weighted by Gasteiger charge is 2.20. The summed E-state index contributed by atoms with van der Waals surface area (Å²) in [6, 6.07) is 12.2. The Kier molecular flexibility index (Phi) is 5.09. The molecule has 0 aliphatic carbocycles. The van der Waals surface area contributed by atoms with Gasteiger partial charge in [0.25, 0.3) is 0 Å². The number of methoxy groups -OCH3 is 1. The van der Waals surface area contributed by atoms with Crippen LogP contribution >= 0.6 is 0 Å². The first-order valence-corrected chi connectivity index (χ1v) is 9.70. The highest BCUT2D eigenvalue weighted by Crippen LogP contribution is 2.31. The molecule has 0 atom stereocenters. The molecule has 0 saturated carbocycles. The summed E-state index contributed by atoms with van der Waals surface area (Å²) >= 11 is 0. The second-order valence-corrected chi connectivity index (χ2v) is 7.60. The van der Waals surface area contributed by atoms with Gasteiger partial charge in [0.05, 0.1) is 12.5 Å². The maximum Gasteiger partial charge on any atom is 0.193 e. The van der Waals surface area contributed by atoms with Crippen LogP contribution in [0.3, 0.4) is 0 Å². The topological polar surface area (TPSA) is 62.9 Å². The zero-order chi connectivity index (χ0) is 19.7. The predicted octanol–water partition coefficient (Wildman–Crippen LogP) is 4.41. The number of piperidine rings is 1. The van der Waals surface area contributed by atoms with Crippen molar-refractivity contribution in [3.63, 3.8) is 0 Å². The first kappa shape index (κ1) is 18.6. The third-order valence-corrected chi connectivity index (χ3v) is 5.61. The molecule has 1 saturated heterocycles. The van der Waals surface area contributed by atoms with Gasteiger partial charge in [-0.2, -0.15) is 0 Å². The second-order valence-electron chi connectivity index (χ2n) is 7.60. The molecule has 0 spiro atoms. The average molecular weight is 379 g/mol. The summed E-state index contributed by atoms with van der Waals surface area (Å²) in [7, 11) is 1.61. The third kappa shape index (κ3) is 3.62. The molecular formula is C23H25NO4. The van der Waals surface area contributed by atoms with Gasteiger partial charge in [-0.15, -0.1) is 0 Å². The van der Waals surface area contributed by atoms with Gasteiger partial charge >= 0.3 is 0 Å². The van der Waals surface area contributed by atoms with Crippen LogP contribution in [0.5, 0.6) is 11.5 Å². The van der Waals surface area contributed by atoms with Crippen molar-refractivity contribution in [1.29, 1.82) is 0 Å². The van der Waals surface area contributed by atoms with Crippen molar-refractivity contribution in [2.75, 3.05) is 20.2 Å². The minimum Gasteiger partial charge on any atom is -0.508 e. The third-order valence-electron chi connectivity index (χ3n) is 5.61. The van der Waals surface area contributed by atoms with E-state index in [1.165, 1.54) is 6.07 Å². The lowest BCUT2D eigenvalue weighted by atomic mass is 9.98. The Morgan fingerprint density at radius 1 is 1.14 bits per heavy atom. The number of hydrogen-bond acceptors (Lipinski definition) is 5. The zero-order valence-electron chi connectivity index (χ0n) is 16.3. The SMILES string of the molecule is COc1ccc(-c2cc(=O)c3c(CN4CCC(C)CC4)c(O)ccc3o2)cc1. The fourth-order valence-electron chi connectivity index (χ4n) is 3.81.